The number of nitrogen functional groups attached to an aromatic ring is 1. The molecule has 0 bridgehead atoms. The molecule has 0 aliphatic rings. The van der Waals surface area contributed by atoms with E-state index in [4.69, 9.17) is 5.73 Å². The Labute approximate surface area is 123 Å². The van der Waals surface area contributed by atoms with E-state index in [9.17, 15) is 9.18 Å². The maximum Gasteiger partial charge on any atom is 0.322 e. The molecule has 110 valence electrons. The molecular formula is C16H18FN3O. The molecule has 0 unspecified atom stereocenters. The summed E-state index contributed by atoms with van der Waals surface area (Å²) in [5, 5.41) is 2.74. The smallest absolute Gasteiger partial charge is 0.322 e. The van der Waals surface area contributed by atoms with Crippen LogP contribution in [0.1, 0.15) is 12.5 Å². The van der Waals surface area contributed by atoms with Crippen LogP contribution in [0.2, 0.25) is 0 Å². The van der Waals surface area contributed by atoms with E-state index >= 15 is 0 Å². The van der Waals surface area contributed by atoms with E-state index in [2.05, 4.69) is 5.32 Å². The fraction of sp³-hybridized carbons (Fsp3) is 0.188. The van der Waals surface area contributed by atoms with Gasteiger partial charge in [-0.15, -0.1) is 0 Å². The van der Waals surface area contributed by atoms with Crippen LogP contribution in [-0.2, 0) is 6.54 Å². The lowest BCUT2D eigenvalue weighted by molar-refractivity contribution is 0.212. The van der Waals surface area contributed by atoms with Crippen LogP contribution in [-0.4, -0.2) is 17.5 Å². The summed E-state index contributed by atoms with van der Waals surface area (Å²) < 4.78 is 12.8. The molecule has 0 fully saturated rings. The zero-order valence-corrected chi connectivity index (χ0v) is 11.8. The summed E-state index contributed by atoms with van der Waals surface area (Å²) in [4.78, 5) is 13.9. The lowest BCUT2D eigenvalue weighted by Gasteiger charge is -2.21. The molecule has 21 heavy (non-hydrogen) atoms. The van der Waals surface area contributed by atoms with Crippen molar-refractivity contribution in [3.05, 3.63) is 59.9 Å². The first-order valence-corrected chi connectivity index (χ1v) is 6.74. The number of halogens is 1. The van der Waals surface area contributed by atoms with Crippen molar-refractivity contribution in [1.82, 2.24) is 4.90 Å². The number of carbonyl (C=O) groups excluding carboxylic acids is 1. The minimum Gasteiger partial charge on any atom is -0.399 e. The van der Waals surface area contributed by atoms with Crippen molar-refractivity contribution < 1.29 is 9.18 Å². The predicted molar refractivity (Wildman–Crippen MR) is 82.4 cm³/mol. The fourth-order valence-electron chi connectivity index (χ4n) is 1.97. The first-order valence-electron chi connectivity index (χ1n) is 6.74. The summed E-state index contributed by atoms with van der Waals surface area (Å²) in [7, 11) is 0. The predicted octanol–water partition coefficient (Wildman–Crippen LogP) is 3.46. The van der Waals surface area contributed by atoms with Crippen molar-refractivity contribution in [2.45, 2.75) is 13.5 Å². The zero-order valence-electron chi connectivity index (χ0n) is 11.8. The van der Waals surface area contributed by atoms with Crippen LogP contribution in [0.5, 0.6) is 0 Å². The van der Waals surface area contributed by atoms with Gasteiger partial charge >= 0.3 is 6.03 Å². The minimum absolute atomic E-state index is 0.230. The number of urea groups is 1. The van der Waals surface area contributed by atoms with Gasteiger partial charge in [-0.2, -0.15) is 0 Å². The lowest BCUT2D eigenvalue weighted by atomic mass is 10.2. The molecule has 2 rings (SSSR count). The second-order valence-electron chi connectivity index (χ2n) is 4.70. The summed E-state index contributed by atoms with van der Waals surface area (Å²) in [6.07, 6.45) is 0. The zero-order chi connectivity index (χ0) is 15.2. The molecule has 0 saturated carbocycles. The number of carbonyl (C=O) groups is 1. The van der Waals surface area contributed by atoms with Gasteiger partial charge in [0, 0.05) is 24.5 Å². The fourth-order valence-corrected chi connectivity index (χ4v) is 1.97. The number of nitrogens with two attached hydrogens (primary N) is 1. The van der Waals surface area contributed by atoms with Crippen molar-refractivity contribution in [2.75, 3.05) is 17.6 Å². The van der Waals surface area contributed by atoms with Crippen LogP contribution < -0.4 is 11.1 Å². The second kappa shape index (κ2) is 6.74. The quantitative estimate of drug-likeness (QED) is 0.846. The molecule has 0 aromatic heterocycles. The first kappa shape index (κ1) is 14.8. The standard InChI is InChI=1S/C16H18FN3O/c1-2-20(11-12-4-3-5-14(18)10-12)16(21)19-15-8-6-13(17)7-9-15/h3-10H,2,11,18H2,1H3,(H,19,21). The number of hydrogen-bond acceptors (Lipinski definition) is 2. The van der Waals surface area contributed by atoms with E-state index in [0.717, 1.165) is 5.56 Å². The van der Waals surface area contributed by atoms with Crippen LogP contribution >= 0.6 is 0 Å². The maximum absolute atomic E-state index is 12.8. The molecule has 0 heterocycles. The molecule has 2 amide bonds. The van der Waals surface area contributed by atoms with Gasteiger partial charge in [-0.25, -0.2) is 9.18 Å². The number of benzene rings is 2. The van der Waals surface area contributed by atoms with Gasteiger partial charge in [0.1, 0.15) is 5.82 Å². The van der Waals surface area contributed by atoms with Gasteiger partial charge in [0.05, 0.1) is 0 Å². The number of hydrogen-bond donors (Lipinski definition) is 2. The molecule has 0 saturated heterocycles. The molecule has 5 heteroatoms. The van der Waals surface area contributed by atoms with Crippen molar-refractivity contribution in [1.29, 1.82) is 0 Å². The van der Waals surface area contributed by atoms with E-state index in [1.54, 1.807) is 11.0 Å². The van der Waals surface area contributed by atoms with E-state index in [1.807, 2.05) is 25.1 Å². The SMILES string of the molecule is CCN(Cc1cccc(N)c1)C(=O)Nc1ccc(F)cc1. The van der Waals surface area contributed by atoms with Crippen LogP contribution in [0, 0.1) is 5.82 Å². The highest BCUT2D eigenvalue weighted by atomic mass is 19.1. The first-order chi connectivity index (χ1) is 10.1. The Bertz CT molecular complexity index is 613. The highest BCUT2D eigenvalue weighted by Crippen LogP contribution is 2.12. The Morgan fingerprint density at radius 2 is 1.95 bits per heavy atom. The van der Waals surface area contributed by atoms with Crippen molar-refractivity contribution >= 4 is 17.4 Å². The second-order valence-corrected chi connectivity index (χ2v) is 4.70. The van der Waals surface area contributed by atoms with Gasteiger partial charge in [-0.3, -0.25) is 0 Å². The molecule has 3 N–H and O–H groups in total. The Hall–Kier alpha value is -2.56. The maximum atomic E-state index is 12.8. The summed E-state index contributed by atoms with van der Waals surface area (Å²) >= 11 is 0. The number of amides is 2. The Balaban J connectivity index is 2.03. The van der Waals surface area contributed by atoms with E-state index in [0.29, 0.717) is 24.5 Å². The lowest BCUT2D eigenvalue weighted by Crippen LogP contribution is -2.34. The number of anilines is 2. The summed E-state index contributed by atoms with van der Waals surface area (Å²) in [6.45, 7) is 2.92. The van der Waals surface area contributed by atoms with Crippen LogP contribution in [0.15, 0.2) is 48.5 Å². The molecule has 2 aromatic carbocycles. The Kier molecular flexibility index (Phi) is 4.77. The Morgan fingerprint density at radius 3 is 2.57 bits per heavy atom. The molecule has 2 aromatic rings. The molecule has 0 spiro atoms. The third-order valence-corrected chi connectivity index (χ3v) is 3.09. The van der Waals surface area contributed by atoms with Crippen molar-refractivity contribution in [2.24, 2.45) is 0 Å². The number of rotatable bonds is 4. The summed E-state index contributed by atoms with van der Waals surface area (Å²) in [6, 6.07) is 12.9. The van der Waals surface area contributed by atoms with Gasteiger partial charge in [0.15, 0.2) is 0 Å². The monoisotopic (exact) mass is 287 g/mol. The number of nitrogens with one attached hydrogen (secondary N) is 1. The topological polar surface area (TPSA) is 58.4 Å². The summed E-state index contributed by atoms with van der Waals surface area (Å²) in [5.41, 5.74) is 7.93. The average Bonchev–Trinajstić information content (AvgIpc) is 2.47. The molecule has 0 aliphatic heterocycles. The van der Waals surface area contributed by atoms with E-state index < -0.39 is 0 Å². The highest BCUT2D eigenvalue weighted by molar-refractivity contribution is 5.89. The van der Waals surface area contributed by atoms with Gasteiger partial charge in [-0.1, -0.05) is 12.1 Å². The average molecular weight is 287 g/mol. The number of nitrogens with zero attached hydrogens (tertiary/aromatic N) is 1. The van der Waals surface area contributed by atoms with Gasteiger partial charge < -0.3 is 16.0 Å². The van der Waals surface area contributed by atoms with Crippen LogP contribution in [0.4, 0.5) is 20.6 Å². The minimum atomic E-state index is -0.333. The largest absolute Gasteiger partial charge is 0.399 e. The third-order valence-electron chi connectivity index (χ3n) is 3.09. The molecule has 0 atom stereocenters. The highest BCUT2D eigenvalue weighted by Gasteiger charge is 2.12. The van der Waals surface area contributed by atoms with Crippen LogP contribution in [0.3, 0.4) is 0 Å². The van der Waals surface area contributed by atoms with Gasteiger partial charge in [-0.05, 0) is 48.9 Å². The Morgan fingerprint density at radius 1 is 1.24 bits per heavy atom. The van der Waals surface area contributed by atoms with E-state index in [1.165, 1.54) is 24.3 Å². The molecule has 0 aliphatic carbocycles. The van der Waals surface area contributed by atoms with Crippen LogP contribution in [0.25, 0.3) is 0 Å². The molecular weight excluding hydrogens is 269 g/mol. The summed E-state index contributed by atoms with van der Waals surface area (Å²) in [5.74, 6) is -0.333. The molecule has 0 radical (unpaired) electrons. The van der Waals surface area contributed by atoms with Crippen molar-refractivity contribution in [3.63, 3.8) is 0 Å². The normalized spacial score (nSPS) is 10.2. The van der Waals surface area contributed by atoms with E-state index in [-0.39, 0.29) is 11.8 Å². The van der Waals surface area contributed by atoms with Gasteiger partial charge in [0.25, 0.3) is 0 Å². The van der Waals surface area contributed by atoms with Gasteiger partial charge in [0.2, 0.25) is 0 Å². The van der Waals surface area contributed by atoms with Crippen molar-refractivity contribution in [3.8, 4) is 0 Å². The molecule has 4 nitrogen and oxygen atoms in total. The third kappa shape index (κ3) is 4.21.